The van der Waals surface area contributed by atoms with Crippen LogP contribution in [0.4, 0.5) is 0 Å². The quantitative estimate of drug-likeness (QED) is 0.878. The van der Waals surface area contributed by atoms with E-state index in [0.29, 0.717) is 6.04 Å². The minimum Gasteiger partial charge on any atom is -0.497 e. The molecule has 2 fully saturated rings. The number of hydrogen-bond acceptors (Lipinski definition) is 2. The van der Waals surface area contributed by atoms with E-state index in [1.807, 2.05) is 0 Å². The fourth-order valence-corrected chi connectivity index (χ4v) is 3.89. The summed E-state index contributed by atoms with van der Waals surface area (Å²) >= 11 is 0. The lowest BCUT2D eigenvalue weighted by Crippen LogP contribution is -2.37. The van der Waals surface area contributed by atoms with Gasteiger partial charge in [-0.2, -0.15) is 0 Å². The Bertz CT molecular complexity index is 478. The Kier molecular flexibility index (Phi) is 3.22. The molecule has 3 aliphatic rings. The third-order valence-corrected chi connectivity index (χ3v) is 5.32. The van der Waals surface area contributed by atoms with Gasteiger partial charge < -0.3 is 10.1 Å². The van der Waals surface area contributed by atoms with Crippen LogP contribution in [0.25, 0.3) is 0 Å². The van der Waals surface area contributed by atoms with Gasteiger partial charge in [-0.25, -0.2) is 0 Å². The predicted octanol–water partition coefficient (Wildman–Crippen LogP) is 3.85. The van der Waals surface area contributed by atoms with E-state index in [-0.39, 0.29) is 0 Å². The number of benzene rings is 1. The van der Waals surface area contributed by atoms with Crippen LogP contribution in [0.5, 0.6) is 5.75 Å². The molecular formula is C18H25NO. The van der Waals surface area contributed by atoms with Crippen molar-refractivity contribution in [1.82, 2.24) is 5.32 Å². The molecule has 1 N–H and O–H groups in total. The number of fused-ring (bicyclic) bond motifs is 1. The molecule has 0 bridgehead atoms. The number of nitrogens with one attached hydrogen (secondary N) is 1. The maximum absolute atomic E-state index is 5.37. The van der Waals surface area contributed by atoms with Crippen molar-refractivity contribution in [1.29, 1.82) is 0 Å². The van der Waals surface area contributed by atoms with Gasteiger partial charge in [-0.3, -0.25) is 0 Å². The summed E-state index contributed by atoms with van der Waals surface area (Å²) in [5.74, 6) is 2.96. The Morgan fingerprint density at radius 3 is 2.50 bits per heavy atom. The van der Waals surface area contributed by atoms with Crippen molar-refractivity contribution >= 4 is 0 Å². The second-order valence-corrected chi connectivity index (χ2v) is 6.88. The van der Waals surface area contributed by atoms with E-state index in [0.717, 1.165) is 23.6 Å². The first-order chi connectivity index (χ1) is 9.85. The summed E-state index contributed by atoms with van der Waals surface area (Å²) < 4.78 is 5.37. The predicted molar refractivity (Wildman–Crippen MR) is 81.0 cm³/mol. The van der Waals surface area contributed by atoms with Crippen LogP contribution >= 0.6 is 0 Å². The van der Waals surface area contributed by atoms with Crippen molar-refractivity contribution in [3.8, 4) is 5.75 Å². The van der Waals surface area contributed by atoms with Crippen LogP contribution in [0.1, 0.15) is 55.7 Å². The first-order valence-electron chi connectivity index (χ1n) is 8.28. The molecule has 1 unspecified atom stereocenters. The molecule has 1 aromatic carbocycles. The van der Waals surface area contributed by atoms with Crippen LogP contribution in [-0.2, 0) is 6.42 Å². The number of aryl methyl sites for hydroxylation is 1. The Morgan fingerprint density at radius 1 is 1.10 bits per heavy atom. The maximum atomic E-state index is 5.37. The molecule has 20 heavy (non-hydrogen) atoms. The van der Waals surface area contributed by atoms with Crippen LogP contribution in [-0.4, -0.2) is 13.2 Å². The molecule has 2 saturated carbocycles. The van der Waals surface area contributed by atoms with E-state index < -0.39 is 0 Å². The number of methoxy groups -OCH3 is 1. The highest BCUT2D eigenvalue weighted by Gasteiger charge is 2.42. The lowest BCUT2D eigenvalue weighted by atomic mass is 9.86. The van der Waals surface area contributed by atoms with E-state index in [4.69, 9.17) is 4.74 Å². The van der Waals surface area contributed by atoms with E-state index in [2.05, 4.69) is 23.5 Å². The van der Waals surface area contributed by atoms with Gasteiger partial charge in [-0.1, -0.05) is 6.07 Å². The average molecular weight is 271 g/mol. The van der Waals surface area contributed by atoms with Crippen molar-refractivity contribution in [2.75, 3.05) is 7.11 Å². The summed E-state index contributed by atoms with van der Waals surface area (Å²) in [6.45, 7) is 0. The Hall–Kier alpha value is -1.02. The highest BCUT2D eigenvalue weighted by Crippen LogP contribution is 2.46. The first-order valence-corrected chi connectivity index (χ1v) is 8.28. The lowest BCUT2D eigenvalue weighted by molar-refractivity contribution is 0.339. The van der Waals surface area contributed by atoms with E-state index in [1.54, 1.807) is 7.11 Å². The maximum Gasteiger partial charge on any atom is 0.119 e. The molecule has 0 aliphatic heterocycles. The standard InChI is InChI=1S/C18H25NO/c1-20-15-9-10-16-14(11-15)3-2-4-17(16)19-18(12-5-6-12)13-7-8-13/h9-13,17-19H,2-8H2,1H3. The minimum absolute atomic E-state index is 0.579. The Labute approximate surface area is 121 Å². The third kappa shape index (κ3) is 2.46. The molecule has 0 radical (unpaired) electrons. The fraction of sp³-hybridized carbons (Fsp3) is 0.667. The molecule has 2 nitrogen and oxygen atoms in total. The summed E-state index contributed by atoms with van der Waals surface area (Å²) in [7, 11) is 1.76. The summed E-state index contributed by atoms with van der Waals surface area (Å²) in [6, 6.07) is 8.04. The second kappa shape index (κ2) is 5.07. The summed E-state index contributed by atoms with van der Waals surface area (Å²) in [5.41, 5.74) is 3.03. The van der Waals surface area contributed by atoms with Gasteiger partial charge in [-0.05, 0) is 80.0 Å². The monoisotopic (exact) mass is 271 g/mol. The van der Waals surface area contributed by atoms with Crippen LogP contribution in [0, 0.1) is 11.8 Å². The van der Waals surface area contributed by atoms with Gasteiger partial charge >= 0.3 is 0 Å². The lowest BCUT2D eigenvalue weighted by Gasteiger charge is -2.31. The van der Waals surface area contributed by atoms with Gasteiger partial charge in [0.2, 0.25) is 0 Å². The van der Waals surface area contributed by atoms with Crippen molar-refractivity contribution in [2.45, 2.75) is 57.0 Å². The van der Waals surface area contributed by atoms with Crippen molar-refractivity contribution in [3.05, 3.63) is 29.3 Å². The molecule has 1 aromatic rings. The van der Waals surface area contributed by atoms with Gasteiger partial charge in [-0.15, -0.1) is 0 Å². The van der Waals surface area contributed by atoms with Crippen LogP contribution in [0.3, 0.4) is 0 Å². The van der Waals surface area contributed by atoms with Crippen molar-refractivity contribution in [3.63, 3.8) is 0 Å². The molecule has 1 atom stereocenters. The van der Waals surface area contributed by atoms with Crippen LogP contribution < -0.4 is 10.1 Å². The van der Waals surface area contributed by atoms with Crippen molar-refractivity contribution in [2.24, 2.45) is 11.8 Å². The van der Waals surface area contributed by atoms with Gasteiger partial charge in [0, 0.05) is 12.1 Å². The van der Waals surface area contributed by atoms with E-state index in [9.17, 15) is 0 Å². The normalized spacial score (nSPS) is 25.6. The molecule has 2 heteroatoms. The second-order valence-electron chi connectivity index (χ2n) is 6.88. The fourth-order valence-electron chi connectivity index (χ4n) is 3.89. The Balaban J connectivity index is 1.54. The minimum atomic E-state index is 0.579. The number of hydrogen-bond donors (Lipinski definition) is 1. The first kappa shape index (κ1) is 12.7. The number of rotatable bonds is 5. The molecule has 0 spiro atoms. The summed E-state index contributed by atoms with van der Waals surface area (Å²) in [6.07, 6.45) is 9.64. The molecule has 108 valence electrons. The SMILES string of the molecule is COc1ccc2c(c1)CCCC2NC(C1CC1)C1CC1. The Morgan fingerprint density at radius 2 is 1.85 bits per heavy atom. The highest BCUT2D eigenvalue weighted by molar-refractivity contribution is 5.39. The molecule has 0 saturated heterocycles. The van der Waals surface area contributed by atoms with Gasteiger partial charge in [0.05, 0.1) is 7.11 Å². The zero-order valence-corrected chi connectivity index (χ0v) is 12.4. The molecular weight excluding hydrogens is 246 g/mol. The van der Waals surface area contributed by atoms with Crippen LogP contribution in [0.15, 0.2) is 18.2 Å². The van der Waals surface area contributed by atoms with E-state index in [1.165, 1.54) is 56.1 Å². The van der Waals surface area contributed by atoms with Gasteiger partial charge in [0.15, 0.2) is 0 Å². The molecule has 0 heterocycles. The van der Waals surface area contributed by atoms with E-state index >= 15 is 0 Å². The molecule has 0 amide bonds. The molecule has 0 aromatic heterocycles. The highest BCUT2D eigenvalue weighted by atomic mass is 16.5. The largest absolute Gasteiger partial charge is 0.497 e. The van der Waals surface area contributed by atoms with Crippen molar-refractivity contribution < 1.29 is 4.74 Å². The van der Waals surface area contributed by atoms with Crippen LogP contribution in [0.2, 0.25) is 0 Å². The van der Waals surface area contributed by atoms with Gasteiger partial charge in [0.25, 0.3) is 0 Å². The number of ether oxygens (including phenoxy) is 1. The smallest absolute Gasteiger partial charge is 0.119 e. The topological polar surface area (TPSA) is 21.3 Å². The zero-order chi connectivity index (χ0) is 13.5. The average Bonchev–Trinajstić information content (AvgIpc) is 3.37. The summed E-state index contributed by atoms with van der Waals surface area (Å²) in [4.78, 5) is 0. The molecule has 3 aliphatic carbocycles. The molecule has 4 rings (SSSR count). The summed E-state index contributed by atoms with van der Waals surface area (Å²) in [5, 5.41) is 4.03. The van der Waals surface area contributed by atoms with Gasteiger partial charge in [0.1, 0.15) is 5.75 Å². The zero-order valence-electron chi connectivity index (χ0n) is 12.4. The third-order valence-electron chi connectivity index (χ3n) is 5.32.